The van der Waals surface area contributed by atoms with Crippen molar-refractivity contribution in [3.63, 3.8) is 0 Å². The fourth-order valence-electron chi connectivity index (χ4n) is 2.70. The molecule has 2 aromatic carbocycles. The maximum absolute atomic E-state index is 13.2. The number of nitrogens with zero attached hydrogens (tertiary/aromatic N) is 2. The first-order valence-electron chi connectivity index (χ1n) is 8.63. The van der Waals surface area contributed by atoms with E-state index in [4.69, 9.17) is 23.2 Å². The minimum atomic E-state index is -3.94. The summed E-state index contributed by atoms with van der Waals surface area (Å²) in [4.78, 5) is 16.2. The van der Waals surface area contributed by atoms with Crippen molar-refractivity contribution in [3.8, 4) is 0 Å². The van der Waals surface area contributed by atoms with Gasteiger partial charge >= 0.3 is 0 Å². The second-order valence-electron chi connectivity index (χ2n) is 5.97. The zero-order chi connectivity index (χ0) is 21.0. The van der Waals surface area contributed by atoms with Crippen molar-refractivity contribution in [2.75, 3.05) is 16.2 Å². The van der Waals surface area contributed by atoms with Crippen LogP contribution in [0.1, 0.15) is 17.3 Å². The van der Waals surface area contributed by atoms with Crippen molar-refractivity contribution in [1.29, 1.82) is 0 Å². The average molecular weight is 450 g/mol. The highest BCUT2D eigenvalue weighted by Crippen LogP contribution is 2.30. The molecule has 1 heterocycles. The van der Waals surface area contributed by atoms with Crippen molar-refractivity contribution >= 4 is 50.5 Å². The van der Waals surface area contributed by atoms with E-state index in [1.807, 2.05) is 0 Å². The highest BCUT2D eigenvalue weighted by atomic mass is 35.5. The monoisotopic (exact) mass is 449 g/mol. The molecule has 0 aliphatic carbocycles. The molecule has 9 heteroatoms. The van der Waals surface area contributed by atoms with Crippen LogP contribution in [0.5, 0.6) is 0 Å². The number of sulfonamides is 1. The molecule has 0 atom stereocenters. The van der Waals surface area contributed by atoms with Gasteiger partial charge in [0.25, 0.3) is 15.9 Å². The minimum absolute atomic E-state index is 0.0607. The summed E-state index contributed by atoms with van der Waals surface area (Å²) in [6, 6.07) is 16.0. The lowest BCUT2D eigenvalue weighted by Gasteiger charge is -2.23. The molecule has 0 saturated heterocycles. The molecule has 29 heavy (non-hydrogen) atoms. The first-order chi connectivity index (χ1) is 13.8. The van der Waals surface area contributed by atoms with E-state index >= 15 is 0 Å². The summed E-state index contributed by atoms with van der Waals surface area (Å²) in [5.41, 5.74) is 1.10. The van der Waals surface area contributed by atoms with Crippen molar-refractivity contribution in [3.05, 3.63) is 82.6 Å². The van der Waals surface area contributed by atoms with Gasteiger partial charge in [-0.15, -0.1) is 0 Å². The molecule has 0 bridgehead atoms. The number of benzene rings is 2. The molecule has 3 aromatic rings. The summed E-state index contributed by atoms with van der Waals surface area (Å²) >= 11 is 11.9. The van der Waals surface area contributed by atoms with Crippen LogP contribution in [0.3, 0.4) is 0 Å². The van der Waals surface area contributed by atoms with Gasteiger partial charge in [-0.3, -0.25) is 9.10 Å². The number of aromatic nitrogens is 1. The Morgan fingerprint density at radius 3 is 2.41 bits per heavy atom. The van der Waals surface area contributed by atoms with Crippen LogP contribution >= 0.6 is 23.2 Å². The summed E-state index contributed by atoms with van der Waals surface area (Å²) in [5.74, 6) is -0.449. The molecular weight excluding hydrogens is 433 g/mol. The molecule has 3 rings (SSSR count). The first-order valence-corrected chi connectivity index (χ1v) is 10.8. The van der Waals surface area contributed by atoms with Crippen LogP contribution in [-0.4, -0.2) is 25.9 Å². The zero-order valence-corrected chi connectivity index (χ0v) is 17.7. The van der Waals surface area contributed by atoms with Gasteiger partial charge in [0, 0.05) is 18.4 Å². The highest BCUT2D eigenvalue weighted by molar-refractivity contribution is 7.93. The van der Waals surface area contributed by atoms with Crippen LogP contribution in [0.25, 0.3) is 0 Å². The fourth-order valence-corrected chi connectivity index (χ4v) is 4.79. The fraction of sp³-hybridized carbons (Fsp3) is 0.100. The lowest BCUT2D eigenvalue weighted by Crippen LogP contribution is -2.31. The van der Waals surface area contributed by atoms with E-state index in [0.29, 0.717) is 5.69 Å². The van der Waals surface area contributed by atoms with Crippen LogP contribution in [0.2, 0.25) is 10.2 Å². The molecule has 0 saturated carbocycles. The third-order valence-electron chi connectivity index (χ3n) is 4.08. The Labute approximate surface area is 179 Å². The number of anilines is 2. The van der Waals surface area contributed by atoms with Crippen molar-refractivity contribution in [2.24, 2.45) is 0 Å². The Morgan fingerprint density at radius 1 is 1.07 bits per heavy atom. The Balaban J connectivity index is 1.94. The Hall–Kier alpha value is -2.61. The van der Waals surface area contributed by atoms with Crippen LogP contribution in [0.15, 0.2) is 71.8 Å². The van der Waals surface area contributed by atoms with Crippen LogP contribution in [-0.2, 0) is 10.0 Å². The standard InChI is InChI=1S/C20H17Cl2N3O3S/c1-2-25(16-6-4-3-5-7-16)29(27,28)18-12-15(9-10-17(18)21)24-20(26)14-8-11-19(22)23-13-14/h3-13H,2H2,1H3,(H,24,26). The van der Waals surface area contributed by atoms with Crippen LogP contribution in [0, 0.1) is 0 Å². The first kappa shape index (κ1) is 21.1. The van der Waals surface area contributed by atoms with Crippen LogP contribution < -0.4 is 9.62 Å². The third-order valence-corrected chi connectivity index (χ3v) is 6.69. The number of nitrogens with one attached hydrogen (secondary N) is 1. The van der Waals surface area contributed by atoms with Gasteiger partial charge in [0.15, 0.2) is 0 Å². The Bertz CT molecular complexity index is 1120. The number of carbonyl (C=O) groups is 1. The number of halogens is 2. The quantitative estimate of drug-likeness (QED) is 0.545. The second kappa shape index (κ2) is 8.82. The van der Waals surface area contributed by atoms with Gasteiger partial charge in [0.1, 0.15) is 10.0 Å². The molecule has 6 nitrogen and oxygen atoms in total. The largest absolute Gasteiger partial charge is 0.322 e. The van der Waals surface area contributed by atoms with E-state index in [1.54, 1.807) is 37.3 Å². The lowest BCUT2D eigenvalue weighted by atomic mass is 10.2. The van der Waals surface area contributed by atoms with E-state index in [1.165, 1.54) is 40.8 Å². The van der Waals surface area contributed by atoms with Gasteiger partial charge in [-0.1, -0.05) is 41.4 Å². The van der Waals surface area contributed by atoms with Gasteiger partial charge < -0.3 is 5.32 Å². The maximum Gasteiger partial charge on any atom is 0.265 e. The minimum Gasteiger partial charge on any atom is -0.322 e. The van der Waals surface area contributed by atoms with Gasteiger partial charge in [0.2, 0.25) is 0 Å². The molecule has 1 amide bonds. The molecule has 0 aliphatic rings. The number of amides is 1. The second-order valence-corrected chi connectivity index (χ2v) is 8.60. The average Bonchev–Trinajstić information content (AvgIpc) is 2.71. The molecule has 0 radical (unpaired) electrons. The number of hydrogen-bond acceptors (Lipinski definition) is 4. The summed E-state index contributed by atoms with van der Waals surface area (Å²) in [6.07, 6.45) is 1.33. The molecule has 0 spiro atoms. The summed E-state index contributed by atoms with van der Waals surface area (Å²) in [7, 11) is -3.94. The normalized spacial score (nSPS) is 11.1. The summed E-state index contributed by atoms with van der Waals surface area (Å²) < 4.78 is 27.7. The summed E-state index contributed by atoms with van der Waals surface area (Å²) in [5, 5.41) is 2.98. The summed E-state index contributed by atoms with van der Waals surface area (Å²) in [6.45, 7) is 1.95. The highest BCUT2D eigenvalue weighted by Gasteiger charge is 2.26. The molecule has 0 unspecified atom stereocenters. The van der Waals surface area contributed by atoms with E-state index in [-0.39, 0.29) is 32.9 Å². The predicted octanol–water partition coefficient (Wildman–Crippen LogP) is 4.86. The SMILES string of the molecule is CCN(c1ccccc1)S(=O)(=O)c1cc(NC(=O)c2ccc(Cl)nc2)ccc1Cl. The van der Waals surface area contributed by atoms with Crippen molar-refractivity contribution < 1.29 is 13.2 Å². The van der Waals surface area contributed by atoms with Crippen molar-refractivity contribution in [2.45, 2.75) is 11.8 Å². The van der Waals surface area contributed by atoms with Gasteiger partial charge in [-0.25, -0.2) is 13.4 Å². The van der Waals surface area contributed by atoms with E-state index in [0.717, 1.165) is 0 Å². The zero-order valence-electron chi connectivity index (χ0n) is 15.3. The van der Waals surface area contributed by atoms with E-state index in [9.17, 15) is 13.2 Å². The molecule has 1 aromatic heterocycles. The number of para-hydroxylation sites is 1. The molecular formula is C20H17Cl2N3O3S. The van der Waals surface area contributed by atoms with E-state index in [2.05, 4.69) is 10.3 Å². The Morgan fingerprint density at radius 2 is 1.79 bits per heavy atom. The van der Waals surface area contributed by atoms with Gasteiger partial charge in [0.05, 0.1) is 16.3 Å². The number of rotatable bonds is 6. The van der Waals surface area contributed by atoms with Gasteiger partial charge in [-0.2, -0.15) is 0 Å². The van der Waals surface area contributed by atoms with Crippen molar-refractivity contribution in [1.82, 2.24) is 4.98 Å². The predicted molar refractivity (Wildman–Crippen MR) is 115 cm³/mol. The third kappa shape index (κ3) is 4.70. The topological polar surface area (TPSA) is 79.4 Å². The Kier molecular flexibility index (Phi) is 6.42. The van der Waals surface area contributed by atoms with E-state index < -0.39 is 15.9 Å². The molecule has 0 aliphatic heterocycles. The molecule has 0 fully saturated rings. The number of pyridine rings is 1. The molecule has 1 N–H and O–H groups in total. The number of carbonyl (C=O) groups excluding carboxylic acids is 1. The smallest absolute Gasteiger partial charge is 0.265 e. The van der Waals surface area contributed by atoms with Crippen LogP contribution in [0.4, 0.5) is 11.4 Å². The lowest BCUT2D eigenvalue weighted by molar-refractivity contribution is 0.102. The number of hydrogen-bond donors (Lipinski definition) is 1. The molecule has 150 valence electrons. The van der Waals surface area contributed by atoms with Gasteiger partial charge in [-0.05, 0) is 49.4 Å². The maximum atomic E-state index is 13.2.